The van der Waals surface area contributed by atoms with Gasteiger partial charge >= 0.3 is 0 Å². The van der Waals surface area contributed by atoms with Gasteiger partial charge in [-0.25, -0.2) is 4.98 Å². The highest BCUT2D eigenvalue weighted by Gasteiger charge is 2.14. The second-order valence-electron chi connectivity index (χ2n) is 7.33. The van der Waals surface area contributed by atoms with Gasteiger partial charge in [0, 0.05) is 11.4 Å². The van der Waals surface area contributed by atoms with Gasteiger partial charge in [0.05, 0.1) is 34.2 Å². The maximum absolute atomic E-state index is 13.0. The van der Waals surface area contributed by atoms with Gasteiger partial charge in [0.15, 0.2) is 5.16 Å². The van der Waals surface area contributed by atoms with Crippen LogP contribution in [0.25, 0.3) is 10.9 Å². The molecule has 0 aliphatic carbocycles. The third kappa shape index (κ3) is 6.12. The highest BCUT2D eigenvalue weighted by molar-refractivity contribution is 8.00. The summed E-state index contributed by atoms with van der Waals surface area (Å²) in [5.41, 5.74) is 1.24. The Morgan fingerprint density at radius 1 is 1.16 bits per heavy atom. The summed E-state index contributed by atoms with van der Waals surface area (Å²) in [6.45, 7) is 4.79. The Bertz CT molecular complexity index is 1170. The standard InChI is InChI=1S/C23H24N4O2S2/c1-16(2)11-13-27-22(29)17-7-3-4-8-18(17)26-23(27)31-15-21(28)25-19-9-5-6-10-20(19)30-14-12-24/h3-10,16H,11,13-15H2,1-2H3,(H,25,28). The van der Waals surface area contributed by atoms with Crippen molar-refractivity contribution in [1.82, 2.24) is 9.55 Å². The minimum absolute atomic E-state index is 0.0765. The zero-order valence-electron chi connectivity index (χ0n) is 17.5. The fraction of sp³-hybridized carbons (Fsp3) is 0.304. The van der Waals surface area contributed by atoms with E-state index in [-0.39, 0.29) is 17.2 Å². The van der Waals surface area contributed by atoms with E-state index >= 15 is 0 Å². The summed E-state index contributed by atoms with van der Waals surface area (Å²) < 4.78 is 1.68. The van der Waals surface area contributed by atoms with Crippen molar-refractivity contribution in [3.63, 3.8) is 0 Å². The number of thioether (sulfide) groups is 2. The molecule has 0 unspecified atom stereocenters. The SMILES string of the molecule is CC(C)CCn1c(SCC(=O)Nc2ccccc2SCC#N)nc2ccccc2c1=O. The Balaban J connectivity index is 1.78. The number of amides is 1. The van der Waals surface area contributed by atoms with Crippen molar-refractivity contribution in [3.05, 3.63) is 58.9 Å². The summed E-state index contributed by atoms with van der Waals surface area (Å²) in [5, 5.41) is 12.9. The summed E-state index contributed by atoms with van der Waals surface area (Å²) in [6, 6.07) is 16.8. The number of rotatable bonds is 9. The largest absolute Gasteiger partial charge is 0.324 e. The van der Waals surface area contributed by atoms with Gasteiger partial charge in [0.1, 0.15) is 0 Å². The van der Waals surface area contributed by atoms with Crippen molar-refractivity contribution in [3.8, 4) is 6.07 Å². The lowest BCUT2D eigenvalue weighted by Crippen LogP contribution is -2.25. The Hall–Kier alpha value is -2.76. The number of carbonyl (C=O) groups is 1. The monoisotopic (exact) mass is 452 g/mol. The summed E-state index contributed by atoms with van der Waals surface area (Å²) in [6.07, 6.45) is 0.850. The minimum Gasteiger partial charge on any atom is -0.324 e. The lowest BCUT2D eigenvalue weighted by atomic mass is 10.1. The van der Waals surface area contributed by atoms with E-state index in [1.807, 2.05) is 42.5 Å². The molecule has 0 aliphatic rings. The molecule has 160 valence electrons. The fourth-order valence-electron chi connectivity index (χ4n) is 2.96. The zero-order valence-corrected chi connectivity index (χ0v) is 19.1. The van der Waals surface area contributed by atoms with Crippen LogP contribution in [0.2, 0.25) is 0 Å². The predicted octanol–water partition coefficient (Wildman–Crippen LogP) is 4.79. The molecule has 0 radical (unpaired) electrons. The van der Waals surface area contributed by atoms with E-state index in [9.17, 15) is 9.59 Å². The molecule has 1 heterocycles. The van der Waals surface area contributed by atoms with Crippen LogP contribution in [0.1, 0.15) is 20.3 Å². The summed E-state index contributed by atoms with van der Waals surface area (Å²) in [7, 11) is 0. The van der Waals surface area contributed by atoms with Crippen LogP contribution in [0.15, 0.2) is 63.4 Å². The molecule has 1 N–H and O–H groups in total. The molecule has 6 nitrogen and oxygen atoms in total. The van der Waals surface area contributed by atoms with E-state index in [4.69, 9.17) is 5.26 Å². The first-order valence-corrected chi connectivity index (χ1v) is 12.0. The zero-order chi connectivity index (χ0) is 22.2. The molecule has 1 aromatic heterocycles. The summed E-state index contributed by atoms with van der Waals surface area (Å²) >= 11 is 2.64. The molecule has 0 saturated carbocycles. The van der Waals surface area contributed by atoms with Gasteiger partial charge < -0.3 is 5.32 Å². The average molecular weight is 453 g/mol. The number of benzene rings is 2. The van der Waals surface area contributed by atoms with Crippen molar-refractivity contribution in [2.45, 2.75) is 36.9 Å². The van der Waals surface area contributed by atoms with Crippen molar-refractivity contribution < 1.29 is 4.79 Å². The first-order valence-electron chi connectivity index (χ1n) is 10.0. The fourth-order valence-corrected chi connectivity index (χ4v) is 4.46. The normalized spacial score (nSPS) is 10.9. The topological polar surface area (TPSA) is 87.8 Å². The van der Waals surface area contributed by atoms with E-state index in [0.29, 0.717) is 40.0 Å². The van der Waals surface area contributed by atoms with Gasteiger partial charge in [-0.2, -0.15) is 5.26 Å². The highest BCUT2D eigenvalue weighted by Crippen LogP contribution is 2.27. The van der Waals surface area contributed by atoms with Crippen LogP contribution >= 0.6 is 23.5 Å². The van der Waals surface area contributed by atoms with Gasteiger partial charge in [-0.05, 0) is 36.6 Å². The summed E-state index contributed by atoms with van der Waals surface area (Å²) in [4.78, 5) is 31.1. The molecule has 1 amide bonds. The van der Waals surface area contributed by atoms with Crippen molar-refractivity contribution in [2.75, 3.05) is 16.8 Å². The van der Waals surface area contributed by atoms with Crippen LogP contribution in [0.5, 0.6) is 0 Å². The molecule has 3 aromatic rings. The Kier molecular flexibility index (Phi) is 8.15. The third-order valence-electron chi connectivity index (χ3n) is 4.54. The maximum Gasteiger partial charge on any atom is 0.262 e. The second-order valence-corrected chi connectivity index (χ2v) is 9.29. The quantitative estimate of drug-likeness (QED) is 0.371. The number of nitrogens with one attached hydrogen (secondary N) is 1. The lowest BCUT2D eigenvalue weighted by molar-refractivity contribution is -0.113. The molecule has 2 aromatic carbocycles. The molecule has 0 bridgehead atoms. The first-order chi connectivity index (χ1) is 15.0. The number of fused-ring (bicyclic) bond motifs is 1. The Labute approximate surface area is 190 Å². The molecule has 8 heteroatoms. The van der Waals surface area contributed by atoms with Crippen LogP contribution < -0.4 is 10.9 Å². The Morgan fingerprint density at radius 2 is 1.90 bits per heavy atom. The van der Waals surface area contributed by atoms with Gasteiger partial charge in [0.2, 0.25) is 5.91 Å². The molecule has 0 spiro atoms. The van der Waals surface area contributed by atoms with E-state index in [1.54, 1.807) is 10.6 Å². The minimum atomic E-state index is -0.187. The number of anilines is 1. The number of para-hydroxylation sites is 2. The van der Waals surface area contributed by atoms with E-state index < -0.39 is 0 Å². The number of carbonyl (C=O) groups excluding carboxylic acids is 1. The van der Waals surface area contributed by atoms with Crippen molar-refractivity contribution >= 4 is 46.0 Å². The molecular weight excluding hydrogens is 428 g/mol. The van der Waals surface area contributed by atoms with Gasteiger partial charge in [0.25, 0.3) is 5.56 Å². The molecule has 31 heavy (non-hydrogen) atoms. The molecule has 0 fully saturated rings. The first kappa shape index (κ1) is 22.9. The molecule has 3 rings (SSSR count). The second kappa shape index (κ2) is 11.0. The Morgan fingerprint density at radius 3 is 2.68 bits per heavy atom. The predicted molar refractivity (Wildman–Crippen MR) is 128 cm³/mol. The van der Waals surface area contributed by atoms with Gasteiger partial charge in [-0.1, -0.05) is 49.9 Å². The number of aromatic nitrogens is 2. The number of hydrogen-bond acceptors (Lipinski definition) is 6. The average Bonchev–Trinajstić information content (AvgIpc) is 2.76. The molecule has 0 aliphatic heterocycles. The summed E-state index contributed by atoms with van der Waals surface area (Å²) in [5.74, 6) is 0.698. The van der Waals surface area contributed by atoms with Crippen LogP contribution in [0.4, 0.5) is 5.69 Å². The van der Waals surface area contributed by atoms with Crippen LogP contribution in [-0.4, -0.2) is 27.0 Å². The van der Waals surface area contributed by atoms with Gasteiger partial charge in [-0.15, -0.1) is 11.8 Å². The smallest absolute Gasteiger partial charge is 0.262 e. The van der Waals surface area contributed by atoms with Crippen LogP contribution in [0, 0.1) is 17.2 Å². The highest BCUT2D eigenvalue weighted by atomic mass is 32.2. The molecule has 0 saturated heterocycles. The lowest BCUT2D eigenvalue weighted by Gasteiger charge is -2.14. The van der Waals surface area contributed by atoms with Gasteiger partial charge in [-0.3, -0.25) is 14.2 Å². The van der Waals surface area contributed by atoms with E-state index in [0.717, 1.165) is 11.3 Å². The van der Waals surface area contributed by atoms with E-state index in [1.165, 1.54) is 23.5 Å². The van der Waals surface area contributed by atoms with Crippen molar-refractivity contribution in [2.24, 2.45) is 5.92 Å². The maximum atomic E-state index is 13.0. The number of hydrogen-bond donors (Lipinski definition) is 1. The van der Waals surface area contributed by atoms with Crippen molar-refractivity contribution in [1.29, 1.82) is 5.26 Å². The van der Waals surface area contributed by atoms with Crippen LogP contribution in [0.3, 0.4) is 0 Å². The molecule has 0 atom stereocenters. The third-order valence-corrected chi connectivity index (χ3v) is 6.46. The van der Waals surface area contributed by atoms with E-state index in [2.05, 4.69) is 30.2 Å². The van der Waals surface area contributed by atoms with Crippen LogP contribution in [-0.2, 0) is 11.3 Å². The number of nitrogens with zero attached hydrogens (tertiary/aromatic N) is 3. The molecular formula is C23H24N4O2S2. The number of nitriles is 1.